The lowest BCUT2D eigenvalue weighted by atomic mass is 10.2. The fourth-order valence-electron chi connectivity index (χ4n) is 3.05. The van der Waals surface area contributed by atoms with Gasteiger partial charge in [-0.2, -0.15) is 0 Å². The molecule has 1 aliphatic rings. The molecule has 0 bridgehead atoms. The summed E-state index contributed by atoms with van der Waals surface area (Å²) in [6, 6.07) is 3.11. The molecule has 0 unspecified atom stereocenters. The second kappa shape index (κ2) is 12.6. The second-order valence-electron chi connectivity index (χ2n) is 6.50. The summed E-state index contributed by atoms with van der Waals surface area (Å²) < 4.78 is 0. The van der Waals surface area contributed by atoms with Gasteiger partial charge in [0.1, 0.15) is 0 Å². The molecule has 0 aromatic heterocycles. The highest BCUT2D eigenvalue weighted by Gasteiger charge is 2.09. The minimum absolute atomic E-state index is 0.126. The van der Waals surface area contributed by atoms with E-state index >= 15 is 0 Å². The highest BCUT2D eigenvalue weighted by molar-refractivity contribution is 6.41. The summed E-state index contributed by atoms with van der Waals surface area (Å²) in [5, 5.41) is 0. The van der Waals surface area contributed by atoms with E-state index in [0.717, 1.165) is 11.1 Å². The van der Waals surface area contributed by atoms with Gasteiger partial charge in [0, 0.05) is 19.0 Å². The first-order valence-corrected chi connectivity index (χ1v) is 12.9. The van der Waals surface area contributed by atoms with Crippen molar-refractivity contribution < 1.29 is 0 Å². The van der Waals surface area contributed by atoms with E-state index in [0.29, 0.717) is 0 Å². The first-order valence-electron chi connectivity index (χ1n) is 9.23. The van der Waals surface area contributed by atoms with Gasteiger partial charge in [-0.15, -0.1) is 0 Å². The Kier molecular flexibility index (Phi) is 11.4. The summed E-state index contributed by atoms with van der Waals surface area (Å²) in [7, 11) is 0.253. The first kappa shape index (κ1) is 18.0. The maximum absolute atomic E-state index is 2.57. The summed E-state index contributed by atoms with van der Waals surface area (Å²) in [6.45, 7) is 4.60. The van der Waals surface area contributed by atoms with E-state index in [4.69, 9.17) is 0 Å². The molecular weight excluding hydrogens is 272 g/mol. The molecule has 0 aromatic carbocycles. The number of hydrogen-bond donors (Lipinski definition) is 0. The summed E-state index contributed by atoms with van der Waals surface area (Å²) in [6.07, 6.45) is 21.8. The quantitative estimate of drug-likeness (QED) is 0.270. The van der Waals surface area contributed by atoms with Gasteiger partial charge in [-0.05, 0) is 11.1 Å². The molecule has 0 heterocycles. The van der Waals surface area contributed by atoms with Crippen molar-refractivity contribution in [3.05, 3.63) is 24.3 Å². The van der Waals surface area contributed by atoms with Gasteiger partial charge in [-0.25, -0.2) is 0 Å². The summed E-state index contributed by atoms with van der Waals surface area (Å²) >= 11 is 0. The lowest BCUT2D eigenvalue weighted by Crippen LogP contribution is -2.05. The Morgan fingerprint density at radius 2 is 1.00 bits per heavy atom. The van der Waals surface area contributed by atoms with Crippen LogP contribution in [0.2, 0.25) is 23.2 Å². The maximum Gasteiger partial charge on any atom is 0.0327 e. The molecule has 1 aliphatic carbocycles. The minimum atomic E-state index is 0.126. The van der Waals surface area contributed by atoms with Gasteiger partial charge >= 0.3 is 0 Å². The second-order valence-corrected chi connectivity index (χ2v) is 11.0. The third kappa shape index (κ3) is 8.96. The van der Waals surface area contributed by atoms with Gasteiger partial charge < -0.3 is 0 Å². The molecule has 0 amide bonds. The summed E-state index contributed by atoms with van der Waals surface area (Å²) in [5.41, 5.74) is 1.78. The summed E-state index contributed by atoms with van der Waals surface area (Å²) in [4.78, 5) is 0. The zero-order valence-electron chi connectivity index (χ0n) is 13.9. The standard InChI is InChI=1S/C18H36Si2/c1-3-5-7-9-15-19-17-11-13-18(14-12-17)20-16-10-8-6-4-2/h11-14,17-18H,3-10,15-16,19-20H2,1-2H3. The van der Waals surface area contributed by atoms with Crippen molar-refractivity contribution in [2.45, 2.75) is 88.4 Å². The van der Waals surface area contributed by atoms with E-state index in [1.807, 2.05) is 0 Å². The maximum atomic E-state index is 2.57. The molecule has 1 rings (SSSR count). The number of rotatable bonds is 12. The van der Waals surface area contributed by atoms with Crippen molar-refractivity contribution in [3.8, 4) is 0 Å². The molecule has 0 saturated carbocycles. The normalized spacial score (nSPS) is 22.7. The zero-order chi connectivity index (χ0) is 14.5. The average molecular weight is 309 g/mol. The molecule has 0 nitrogen and oxygen atoms in total. The van der Waals surface area contributed by atoms with Crippen molar-refractivity contribution in [2.75, 3.05) is 0 Å². The van der Waals surface area contributed by atoms with Gasteiger partial charge in [0.2, 0.25) is 0 Å². The highest BCUT2D eigenvalue weighted by atomic mass is 28.2. The molecule has 20 heavy (non-hydrogen) atoms. The monoisotopic (exact) mass is 308 g/mol. The molecule has 0 spiro atoms. The van der Waals surface area contributed by atoms with Crippen LogP contribution in [-0.4, -0.2) is 19.0 Å². The van der Waals surface area contributed by atoms with E-state index in [1.165, 1.54) is 51.4 Å². The number of hydrogen-bond acceptors (Lipinski definition) is 0. The van der Waals surface area contributed by atoms with Crippen LogP contribution in [0.5, 0.6) is 0 Å². The smallest absolute Gasteiger partial charge is 0.0327 e. The van der Waals surface area contributed by atoms with Crippen molar-refractivity contribution in [1.82, 2.24) is 0 Å². The Hall–Kier alpha value is -0.0862. The Morgan fingerprint density at radius 1 is 0.600 bits per heavy atom. The van der Waals surface area contributed by atoms with Crippen molar-refractivity contribution in [3.63, 3.8) is 0 Å². The van der Waals surface area contributed by atoms with Crippen LogP contribution in [0.15, 0.2) is 24.3 Å². The molecule has 0 radical (unpaired) electrons. The molecular formula is C18H36Si2. The Morgan fingerprint density at radius 3 is 1.35 bits per heavy atom. The fraction of sp³-hybridized carbons (Fsp3) is 0.778. The molecule has 0 atom stereocenters. The highest BCUT2D eigenvalue weighted by Crippen LogP contribution is 2.24. The summed E-state index contributed by atoms with van der Waals surface area (Å²) in [5.74, 6) is 0. The fourth-order valence-corrected chi connectivity index (χ4v) is 6.68. The van der Waals surface area contributed by atoms with Crippen LogP contribution in [0, 0.1) is 0 Å². The molecule has 0 aromatic rings. The van der Waals surface area contributed by atoms with E-state index in [1.54, 1.807) is 12.1 Å². The molecule has 2 heteroatoms. The Labute approximate surface area is 132 Å². The molecule has 0 N–H and O–H groups in total. The zero-order valence-corrected chi connectivity index (χ0v) is 16.8. The van der Waals surface area contributed by atoms with Crippen LogP contribution in [0.3, 0.4) is 0 Å². The van der Waals surface area contributed by atoms with Gasteiger partial charge in [0.05, 0.1) is 0 Å². The molecule has 0 saturated heterocycles. The van der Waals surface area contributed by atoms with Crippen LogP contribution in [0.25, 0.3) is 0 Å². The van der Waals surface area contributed by atoms with Gasteiger partial charge in [-0.1, -0.05) is 102 Å². The lowest BCUT2D eigenvalue weighted by Gasteiger charge is -2.16. The minimum Gasteiger partial charge on any atom is -0.0847 e. The van der Waals surface area contributed by atoms with Crippen LogP contribution in [0.1, 0.15) is 65.2 Å². The molecule has 0 fully saturated rings. The molecule has 0 aliphatic heterocycles. The topological polar surface area (TPSA) is 0 Å². The predicted octanol–water partition coefficient (Wildman–Crippen LogP) is 5.02. The van der Waals surface area contributed by atoms with E-state index < -0.39 is 0 Å². The lowest BCUT2D eigenvalue weighted by molar-refractivity contribution is 0.699. The van der Waals surface area contributed by atoms with Gasteiger partial charge in [-0.3, -0.25) is 0 Å². The Bertz CT molecular complexity index is 231. The van der Waals surface area contributed by atoms with Crippen molar-refractivity contribution in [1.29, 1.82) is 0 Å². The largest absolute Gasteiger partial charge is 0.0847 e. The van der Waals surface area contributed by atoms with Crippen molar-refractivity contribution in [2.24, 2.45) is 0 Å². The predicted molar refractivity (Wildman–Crippen MR) is 101 cm³/mol. The third-order valence-electron chi connectivity index (χ3n) is 4.49. The number of unbranched alkanes of at least 4 members (excludes halogenated alkanes) is 6. The van der Waals surface area contributed by atoms with Crippen molar-refractivity contribution >= 4 is 19.0 Å². The SMILES string of the molecule is CCCCCC[SiH2]C1C=CC([SiH2]CCCCCC)C=C1. The average Bonchev–Trinajstić information content (AvgIpc) is 2.48. The Balaban J connectivity index is 2.01. The van der Waals surface area contributed by atoms with Crippen LogP contribution in [0.4, 0.5) is 0 Å². The first-order chi connectivity index (χ1) is 9.86. The van der Waals surface area contributed by atoms with E-state index in [9.17, 15) is 0 Å². The van der Waals surface area contributed by atoms with Gasteiger partial charge in [0.25, 0.3) is 0 Å². The van der Waals surface area contributed by atoms with E-state index in [-0.39, 0.29) is 19.0 Å². The van der Waals surface area contributed by atoms with Crippen LogP contribution >= 0.6 is 0 Å². The van der Waals surface area contributed by atoms with Crippen LogP contribution < -0.4 is 0 Å². The number of allylic oxidation sites excluding steroid dienone is 4. The van der Waals surface area contributed by atoms with Crippen LogP contribution in [-0.2, 0) is 0 Å². The van der Waals surface area contributed by atoms with Gasteiger partial charge in [0.15, 0.2) is 0 Å². The van der Waals surface area contributed by atoms with E-state index in [2.05, 4.69) is 38.2 Å². The molecule has 116 valence electrons. The third-order valence-corrected chi connectivity index (χ3v) is 8.73.